The molecule has 0 aromatic heterocycles. The standard InChI is InChI=1S/C15H16N2O5/c18-14(19)13(16-10-11-4-2-1-3-5-11)12-6-8-15(20,9-7-12)17(21)22/h1-8,13,16,20H,9-10H2,(H,18,19). The van der Waals surface area contributed by atoms with Crippen molar-refractivity contribution < 1.29 is 19.9 Å². The molecule has 7 heteroatoms. The largest absolute Gasteiger partial charge is 0.480 e. The first-order valence-electron chi connectivity index (χ1n) is 6.69. The number of aliphatic carboxylic acids is 1. The van der Waals surface area contributed by atoms with E-state index >= 15 is 0 Å². The summed E-state index contributed by atoms with van der Waals surface area (Å²) in [6.45, 7) is 0.350. The van der Waals surface area contributed by atoms with Crippen LogP contribution in [0.3, 0.4) is 0 Å². The topological polar surface area (TPSA) is 113 Å². The maximum absolute atomic E-state index is 11.4. The summed E-state index contributed by atoms with van der Waals surface area (Å²) < 4.78 is 0. The van der Waals surface area contributed by atoms with Gasteiger partial charge in [-0.3, -0.25) is 20.2 Å². The predicted molar refractivity (Wildman–Crippen MR) is 78.5 cm³/mol. The average Bonchev–Trinajstić information content (AvgIpc) is 2.50. The third kappa shape index (κ3) is 3.57. The molecule has 1 aliphatic carbocycles. The highest BCUT2D eigenvalue weighted by molar-refractivity contribution is 5.78. The summed E-state index contributed by atoms with van der Waals surface area (Å²) in [5.41, 5.74) is -0.850. The molecule has 1 aromatic rings. The molecule has 0 spiro atoms. The number of aliphatic hydroxyl groups is 1. The fourth-order valence-electron chi connectivity index (χ4n) is 2.15. The first-order valence-corrected chi connectivity index (χ1v) is 6.69. The van der Waals surface area contributed by atoms with Gasteiger partial charge in [-0.1, -0.05) is 42.5 Å². The minimum absolute atomic E-state index is 0.261. The second-order valence-corrected chi connectivity index (χ2v) is 5.01. The molecule has 7 nitrogen and oxygen atoms in total. The third-order valence-corrected chi connectivity index (χ3v) is 3.43. The zero-order valence-electron chi connectivity index (χ0n) is 11.7. The second kappa shape index (κ2) is 6.50. The number of benzene rings is 1. The molecule has 22 heavy (non-hydrogen) atoms. The van der Waals surface area contributed by atoms with Gasteiger partial charge in [-0.15, -0.1) is 0 Å². The van der Waals surface area contributed by atoms with Gasteiger partial charge >= 0.3 is 11.7 Å². The van der Waals surface area contributed by atoms with Gasteiger partial charge in [0.2, 0.25) is 0 Å². The van der Waals surface area contributed by atoms with Crippen molar-refractivity contribution in [2.45, 2.75) is 24.7 Å². The normalized spacial score (nSPS) is 22.0. The first kappa shape index (κ1) is 15.9. The number of carboxylic acids is 1. The molecule has 0 fully saturated rings. The van der Waals surface area contributed by atoms with Gasteiger partial charge in [0.05, 0.1) is 11.3 Å². The molecule has 0 amide bonds. The fourth-order valence-corrected chi connectivity index (χ4v) is 2.15. The first-order chi connectivity index (χ1) is 10.4. The van der Waals surface area contributed by atoms with Crippen molar-refractivity contribution >= 4 is 5.97 Å². The summed E-state index contributed by atoms with van der Waals surface area (Å²) >= 11 is 0. The van der Waals surface area contributed by atoms with Crippen molar-refractivity contribution in [1.82, 2.24) is 5.32 Å². The highest BCUT2D eigenvalue weighted by Crippen LogP contribution is 2.23. The number of carboxylic acid groups (broad SMARTS) is 1. The van der Waals surface area contributed by atoms with Gasteiger partial charge < -0.3 is 10.2 Å². The number of carbonyl (C=O) groups is 1. The van der Waals surface area contributed by atoms with Crippen LogP contribution in [0, 0.1) is 10.1 Å². The SMILES string of the molecule is O=C(O)C(NCc1ccccc1)C1=CCC(O)([N+](=O)[O-])C=C1. The Bertz CT molecular complexity index is 626. The van der Waals surface area contributed by atoms with Gasteiger partial charge in [0, 0.05) is 12.6 Å². The zero-order chi connectivity index (χ0) is 16.2. The molecule has 1 aromatic carbocycles. The Kier molecular flexibility index (Phi) is 4.69. The molecule has 116 valence electrons. The van der Waals surface area contributed by atoms with Crippen LogP contribution >= 0.6 is 0 Å². The van der Waals surface area contributed by atoms with Gasteiger partial charge in [-0.2, -0.15) is 0 Å². The molecule has 0 radical (unpaired) electrons. The summed E-state index contributed by atoms with van der Waals surface area (Å²) in [7, 11) is 0. The lowest BCUT2D eigenvalue weighted by molar-refractivity contribution is -0.607. The Morgan fingerprint density at radius 2 is 2.09 bits per heavy atom. The van der Waals surface area contributed by atoms with Crippen molar-refractivity contribution in [3.05, 3.63) is 69.8 Å². The zero-order valence-corrected chi connectivity index (χ0v) is 11.7. The monoisotopic (exact) mass is 304 g/mol. The Morgan fingerprint density at radius 3 is 2.59 bits per heavy atom. The second-order valence-electron chi connectivity index (χ2n) is 5.01. The molecular weight excluding hydrogens is 288 g/mol. The van der Waals surface area contributed by atoms with Gasteiger partial charge in [0.1, 0.15) is 6.04 Å². The quantitative estimate of drug-likeness (QED) is 0.412. The van der Waals surface area contributed by atoms with E-state index in [9.17, 15) is 25.1 Å². The number of nitro groups is 1. The van der Waals surface area contributed by atoms with E-state index in [0.717, 1.165) is 11.6 Å². The minimum atomic E-state index is -2.16. The molecule has 0 aliphatic heterocycles. The molecule has 0 heterocycles. The highest BCUT2D eigenvalue weighted by Gasteiger charge is 2.39. The molecule has 0 bridgehead atoms. The highest BCUT2D eigenvalue weighted by atomic mass is 16.7. The van der Waals surface area contributed by atoms with Crippen LogP contribution in [0.15, 0.2) is 54.1 Å². The Balaban J connectivity index is 2.07. The minimum Gasteiger partial charge on any atom is -0.480 e. The molecule has 2 atom stereocenters. The summed E-state index contributed by atoms with van der Waals surface area (Å²) in [5, 5.41) is 32.6. The van der Waals surface area contributed by atoms with E-state index < -0.39 is 22.7 Å². The smallest absolute Gasteiger partial charge is 0.345 e. The van der Waals surface area contributed by atoms with E-state index in [-0.39, 0.29) is 6.42 Å². The van der Waals surface area contributed by atoms with Gasteiger partial charge in [-0.25, -0.2) is 0 Å². The van der Waals surface area contributed by atoms with Crippen molar-refractivity contribution in [3.63, 3.8) is 0 Å². The predicted octanol–water partition coefficient (Wildman–Crippen LogP) is 1.08. The number of hydrogen-bond donors (Lipinski definition) is 3. The number of nitrogens with zero attached hydrogens (tertiary/aromatic N) is 1. The summed E-state index contributed by atoms with van der Waals surface area (Å²) in [6.07, 6.45) is 3.41. The van der Waals surface area contributed by atoms with E-state index in [2.05, 4.69) is 5.32 Å². The summed E-state index contributed by atoms with van der Waals surface area (Å²) in [6, 6.07) is 8.30. The van der Waals surface area contributed by atoms with Crippen molar-refractivity contribution in [2.75, 3.05) is 0 Å². The molecule has 1 aliphatic rings. The molecule has 3 N–H and O–H groups in total. The van der Waals surface area contributed by atoms with Crippen LogP contribution in [0.5, 0.6) is 0 Å². The molecule has 0 saturated carbocycles. The van der Waals surface area contributed by atoms with Gasteiger partial charge in [-0.05, 0) is 11.1 Å². The van der Waals surface area contributed by atoms with E-state index in [1.807, 2.05) is 30.3 Å². The fraction of sp³-hybridized carbons (Fsp3) is 0.267. The molecule has 2 rings (SSSR count). The van der Waals surface area contributed by atoms with Crippen LogP contribution in [0.25, 0.3) is 0 Å². The lowest BCUT2D eigenvalue weighted by Crippen LogP contribution is -2.41. The Morgan fingerprint density at radius 1 is 1.41 bits per heavy atom. The van der Waals surface area contributed by atoms with Crippen molar-refractivity contribution in [2.24, 2.45) is 0 Å². The average molecular weight is 304 g/mol. The molecule has 0 saturated heterocycles. The number of hydrogen-bond acceptors (Lipinski definition) is 5. The van der Waals surface area contributed by atoms with Crippen molar-refractivity contribution in [3.8, 4) is 0 Å². The van der Waals surface area contributed by atoms with Crippen LogP contribution in [-0.2, 0) is 11.3 Å². The van der Waals surface area contributed by atoms with E-state index in [4.69, 9.17) is 0 Å². The third-order valence-electron chi connectivity index (χ3n) is 3.43. The van der Waals surface area contributed by atoms with Crippen LogP contribution in [-0.4, -0.2) is 32.9 Å². The van der Waals surface area contributed by atoms with Crippen LogP contribution in [0.2, 0.25) is 0 Å². The van der Waals surface area contributed by atoms with Crippen LogP contribution < -0.4 is 5.32 Å². The Labute approximate surface area is 126 Å². The van der Waals surface area contributed by atoms with Crippen molar-refractivity contribution in [1.29, 1.82) is 0 Å². The van der Waals surface area contributed by atoms with E-state index in [1.54, 1.807) is 0 Å². The molecular formula is C15H16N2O5. The van der Waals surface area contributed by atoms with Crippen LogP contribution in [0.1, 0.15) is 12.0 Å². The summed E-state index contributed by atoms with van der Waals surface area (Å²) in [5.74, 6) is -1.08. The van der Waals surface area contributed by atoms with Gasteiger partial charge in [0.25, 0.3) is 0 Å². The van der Waals surface area contributed by atoms with E-state index in [1.165, 1.54) is 12.2 Å². The number of nitrogens with one attached hydrogen (secondary N) is 1. The summed E-state index contributed by atoms with van der Waals surface area (Å²) in [4.78, 5) is 21.3. The Hall–Kier alpha value is -2.51. The number of rotatable bonds is 6. The van der Waals surface area contributed by atoms with Crippen LogP contribution in [0.4, 0.5) is 0 Å². The lowest BCUT2D eigenvalue weighted by Gasteiger charge is -2.22. The molecule has 2 unspecified atom stereocenters. The lowest BCUT2D eigenvalue weighted by atomic mass is 9.95. The maximum atomic E-state index is 11.4. The maximum Gasteiger partial charge on any atom is 0.345 e. The van der Waals surface area contributed by atoms with Gasteiger partial charge in [0.15, 0.2) is 0 Å². The van der Waals surface area contributed by atoms with E-state index in [0.29, 0.717) is 12.1 Å².